The third-order valence-electron chi connectivity index (χ3n) is 3.94. The molecule has 0 unspecified atom stereocenters. The summed E-state index contributed by atoms with van der Waals surface area (Å²) in [5.41, 5.74) is 2.11. The Morgan fingerprint density at radius 1 is 1.08 bits per heavy atom. The Morgan fingerprint density at radius 3 is 2.44 bits per heavy atom. The Hall–Kier alpha value is -2.80. The molecule has 1 N–H and O–H groups in total. The standard InChI is InChI=1S/C18H17NO5S/c1-10-4-7-16(11(2)8-10)25(22,23)19-13-5-6-15-14(9-13)17(18(20)21)12(3)24-15/h4-9,19H,1-3H3,(H,20,21)/p-1. The summed E-state index contributed by atoms with van der Waals surface area (Å²) in [5, 5.41) is 11.6. The number of hydrogen-bond donors (Lipinski definition) is 1. The molecule has 3 aromatic rings. The molecule has 0 radical (unpaired) electrons. The number of carbonyl (C=O) groups is 1. The number of furan rings is 1. The van der Waals surface area contributed by atoms with E-state index in [2.05, 4.69) is 4.72 Å². The van der Waals surface area contributed by atoms with Crippen molar-refractivity contribution in [2.45, 2.75) is 25.7 Å². The predicted molar refractivity (Wildman–Crippen MR) is 92.0 cm³/mol. The molecule has 0 aliphatic heterocycles. The first-order valence-electron chi connectivity index (χ1n) is 7.53. The van der Waals surface area contributed by atoms with E-state index in [-0.39, 0.29) is 21.9 Å². The third kappa shape index (κ3) is 3.10. The number of benzene rings is 2. The average molecular weight is 358 g/mol. The zero-order valence-electron chi connectivity index (χ0n) is 13.9. The Labute approximate surface area is 145 Å². The zero-order valence-corrected chi connectivity index (χ0v) is 14.7. The van der Waals surface area contributed by atoms with Crippen LogP contribution in [-0.4, -0.2) is 14.4 Å². The van der Waals surface area contributed by atoms with Crippen LogP contribution in [-0.2, 0) is 10.0 Å². The minimum absolute atomic E-state index is 0.0810. The SMILES string of the molecule is Cc1ccc(S(=O)(=O)Nc2ccc3oc(C)c(C(=O)[O-])c3c2)c(C)c1. The van der Waals surface area contributed by atoms with Gasteiger partial charge in [-0.05, 0) is 50.6 Å². The van der Waals surface area contributed by atoms with Gasteiger partial charge in [-0.15, -0.1) is 0 Å². The van der Waals surface area contributed by atoms with E-state index in [0.717, 1.165) is 5.56 Å². The molecule has 25 heavy (non-hydrogen) atoms. The number of anilines is 1. The number of carbonyl (C=O) groups excluding carboxylic acids is 1. The molecule has 0 fully saturated rings. The molecule has 1 aromatic heterocycles. The number of carboxylic acid groups (broad SMARTS) is 1. The number of aromatic carboxylic acids is 1. The first-order valence-corrected chi connectivity index (χ1v) is 9.02. The van der Waals surface area contributed by atoms with Crippen molar-refractivity contribution in [2.24, 2.45) is 0 Å². The first kappa shape index (κ1) is 17.0. The number of rotatable bonds is 4. The van der Waals surface area contributed by atoms with Crippen molar-refractivity contribution in [3.63, 3.8) is 0 Å². The maximum absolute atomic E-state index is 12.6. The Bertz CT molecular complexity index is 1100. The molecule has 0 spiro atoms. The van der Waals surface area contributed by atoms with Crippen molar-refractivity contribution >= 4 is 32.6 Å². The van der Waals surface area contributed by atoms with Crippen LogP contribution in [0.5, 0.6) is 0 Å². The summed E-state index contributed by atoms with van der Waals surface area (Å²) in [5.74, 6) is -1.16. The van der Waals surface area contributed by atoms with Gasteiger partial charge in [-0.1, -0.05) is 17.7 Å². The fourth-order valence-electron chi connectivity index (χ4n) is 2.85. The van der Waals surface area contributed by atoms with Crippen LogP contribution in [0.1, 0.15) is 27.2 Å². The van der Waals surface area contributed by atoms with Crippen LogP contribution >= 0.6 is 0 Å². The summed E-state index contributed by atoms with van der Waals surface area (Å²) in [4.78, 5) is 11.4. The molecular formula is C18H16NO5S-. The minimum atomic E-state index is -3.80. The second-order valence-corrected chi connectivity index (χ2v) is 7.56. The van der Waals surface area contributed by atoms with Gasteiger partial charge in [0.1, 0.15) is 11.3 Å². The number of carboxylic acids is 1. The highest BCUT2D eigenvalue weighted by molar-refractivity contribution is 7.92. The molecule has 0 bridgehead atoms. The first-order chi connectivity index (χ1) is 11.7. The number of fused-ring (bicyclic) bond motifs is 1. The molecule has 0 saturated heterocycles. The normalized spacial score (nSPS) is 11.6. The lowest BCUT2D eigenvalue weighted by molar-refractivity contribution is -0.254. The quantitative estimate of drug-likeness (QED) is 0.772. The third-order valence-corrected chi connectivity index (χ3v) is 5.48. The molecule has 7 heteroatoms. The van der Waals surface area contributed by atoms with E-state index < -0.39 is 16.0 Å². The molecule has 1 heterocycles. The van der Waals surface area contributed by atoms with Crippen LogP contribution in [0, 0.1) is 20.8 Å². The largest absolute Gasteiger partial charge is 0.545 e. The van der Waals surface area contributed by atoms with E-state index in [0.29, 0.717) is 16.5 Å². The smallest absolute Gasteiger partial charge is 0.262 e. The Kier molecular flexibility index (Phi) is 4.04. The van der Waals surface area contributed by atoms with Gasteiger partial charge in [-0.2, -0.15) is 0 Å². The second kappa shape index (κ2) is 5.93. The van der Waals surface area contributed by atoms with E-state index in [1.54, 1.807) is 25.1 Å². The summed E-state index contributed by atoms with van der Waals surface area (Å²) in [6, 6.07) is 9.52. The molecular weight excluding hydrogens is 342 g/mol. The molecule has 2 aromatic carbocycles. The second-order valence-electron chi connectivity index (χ2n) is 5.91. The van der Waals surface area contributed by atoms with Gasteiger partial charge in [0, 0.05) is 16.6 Å². The highest BCUT2D eigenvalue weighted by atomic mass is 32.2. The van der Waals surface area contributed by atoms with Gasteiger partial charge in [0.15, 0.2) is 0 Å². The van der Waals surface area contributed by atoms with Crippen molar-refractivity contribution < 1.29 is 22.7 Å². The van der Waals surface area contributed by atoms with E-state index in [9.17, 15) is 18.3 Å². The van der Waals surface area contributed by atoms with Crippen molar-refractivity contribution in [1.82, 2.24) is 0 Å². The van der Waals surface area contributed by atoms with Gasteiger partial charge in [0.25, 0.3) is 10.0 Å². The van der Waals surface area contributed by atoms with Crippen LogP contribution < -0.4 is 9.83 Å². The molecule has 0 aliphatic carbocycles. The number of hydrogen-bond acceptors (Lipinski definition) is 5. The van der Waals surface area contributed by atoms with Gasteiger partial charge < -0.3 is 14.3 Å². The van der Waals surface area contributed by atoms with E-state index in [4.69, 9.17) is 4.42 Å². The van der Waals surface area contributed by atoms with Crippen molar-refractivity contribution in [2.75, 3.05) is 4.72 Å². The summed E-state index contributed by atoms with van der Waals surface area (Å²) in [6.45, 7) is 5.12. The molecule has 0 amide bonds. The monoisotopic (exact) mass is 358 g/mol. The van der Waals surface area contributed by atoms with Gasteiger partial charge >= 0.3 is 0 Å². The van der Waals surface area contributed by atoms with Crippen LogP contribution in [0.25, 0.3) is 11.0 Å². The summed E-state index contributed by atoms with van der Waals surface area (Å²) in [7, 11) is -3.80. The predicted octanol–water partition coefficient (Wildman–Crippen LogP) is 2.52. The van der Waals surface area contributed by atoms with Crippen LogP contribution in [0.3, 0.4) is 0 Å². The summed E-state index contributed by atoms with van der Waals surface area (Å²) in [6.07, 6.45) is 0. The summed E-state index contributed by atoms with van der Waals surface area (Å²) < 4.78 is 33.1. The summed E-state index contributed by atoms with van der Waals surface area (Å²) >= 11 is 0. The van der Waals surface area contributed by atoms with Gasteiger partial charge in [-0.3, -0.25) is 4.72 Å². The average Bonchev–Trinajstić information content (AvgIpc) is 2.81. The number of nitrogens with one attached hydrogen (secondary N) is 1. The van der Waals surface area contributed by atoms with Crippen molar-refractivity contribution in [3.8, 4) is 0 Å². The molecule has 6 nitrogen and oxygen atoms in total. The van der Waals surface area contributed by atoms with Crippen LogP contribution in [0.15, 0.2) is 45.7 Å². The van der Waals surface area contributed by atoms with Crippen molar-refractivity contribution in [1.29, 1.82) is 0 Å². The lowest BCUT2D eigenvalue weighted by atomic mass is 10.1. The zero-order chi connectivity index (χ0) is 18.4. The highest BCUT2D eigenvalue weighted by Crippen LogP contribution is 2.29. The Morgan fingerprint density at radius 2 is 1.80 bits per heavy atom. The van der Waals surface area contributed by atoms with Crippen molar-refractivity contribution in [3.05, 3.63) is 58.8 Å². The lowest BCUT2D eigenvalue weighted by Gasteiger charge is -2.11. The lowest BCUT2D eigenvalue weighted by Crippen LogP contribution is -2.22. The highest BCUT2D eigenvalue weighted by Gasteiger charge is 2.18. The van der Waals surface area contributed by atoms with Crippen LogP contribution in [0.2, 0.25) is 0 Å². The molecule has 0 saturated carbocycles. The van der Waals surface area contributed by atoms with E-state index in [1.165, 1.54) is 25.1 Å². The molecule has 0 aliphatic rings. The molecule has 130 valence electrons. The maximum atomic E-state index is 12.6. The molecule has 0 atom stereocenters. The van der Waals surface area contributed by atoms with Gasteiger partial charge in [-0.25, -0.2) is 8.42 Å². The Balaban J connectivity index is 2.05. The fourth-order valence-corrected chi connectivity index (χ4v) is 4.13. The van der Waals surface area contributed by atoms with Gasteiger partial charge in [0.2, 0.25) is 0 Å². The van der Waals surface area contributed by atoms with Crippen LogP contribution in [0.4, 0.5) is 5.69 Å². The van der Waals surface area contributed by atoms with E-state index in [1.807, 2.05) is 6.92 Å². The van der Waals surface area contributed by atoms with Gasteiger partial charge in [0.05, 0.1) is 10.9 Å². The topological polar surface area (TPSA) is 99.4 Å². The number of aryl methyl sites for hydroxylation is 3. The fraction of sp³-hybridized carbons (Fsp3) is 0.167. The molecule has 3 rings (SSSR count). The minimum Gasteiger partial charge on any atom is -0.545 e. The van der Waals surface area contributed by atoms with E-state index >= 15 is 0 Å². The number of sulfonamides is 1. The maximum Gasteiger partial charge on any atom is 0.262 e.